The van der Waals surface area contributed by atoms with Gasteiger partial charge in [0.2, 0.25) is 5.95 Å². The van der Waals surface area contributed by atoms with Gasteiger partial charge in [-0.05, 0) is 25.1 Å². The van der Waals surface area contributed by atoms with E-state index in [4.69, 9.17) is 17.3 Å². The SMILES string of the molecule is Cc1nc(N)nc(-c2ccc(F)cc2Cl)n1. The number of benzene rings is 1. The van der Waals surface area contributed by atoms with Crippen molar-refractivity contribution in [1.82, 2.24) is 15.0 Å². The molecule has 4 nitrogen and oxygen atoms in total. The highest BCUT2D eigenvalue weighted by Gasteiger charge is 2.09. The number of nitrogens with two attached hydrogens (primary N) is 1. The van der Waals surface area contributed by atoms with E-state index in [1.807, 2.05) is 0 Å². The molecule has 0 spiro atoms. The number of aryl methyl sites for hydroxylation is 1. The van der Waals surface area contributed by atoms with E-state index in [0.29, 0.717) is 17.2 Å². The monoisotopic (exact) mass is 238 g/mol. The van der Waals surface area contributed by atoms with E-state index >= 15 is 0 Å². The molecular formula is C10H8ClFN4. The number of aromatic nitrogens is 3. The number of halogens is 2. The molecule has 1 heterocycles. The molecule has 16 heavy (non-hydrogen) atoms. The summed E-state index contributed by atoms with van der Waals surface area (Å²) in [6.07, 6.45) is 0. The van der Waals surface area contributed by atoms with Crippen molar-refractivity contribution in [2.75, 3.05) is 5.73 Å². The number of nitrogen functional groups attached to an aromatic ring is 1. The van der Waals surface area contributed by atoms with Crippen molar-refractivity contribution < 1.29 is 4.39 Å². The summed E-state index contributed by atoms with van der Waals surface area (Å²) in [4.78, 5) is 11.9. The molecule has 0 unspecified atom stereocenters. The van der Waals surface area contributed by atoms with Crippen LogP contribution in [0.25, 0.3) is 11.4 Å². The predicted octanol–water partition coefficient (Wildman–Crippen LogP) is 2.22. The Kier molecular flexibility index (Phi) is 2.70. The quantitative estimate of drug-likeness (QED) is 0.827. The molecule has 82 valence electrons. The molecule has 0 radical (unpaired) electrons. The van der Waals surface area contributed by atoms with Gasteiger partial charge in [-0.15, -0.1) is 0 Å². The van der Waals surface area contributed by atoms with E-state index in [9.17, 15) is 4.39 Å². The van der Waals surface area contributed by atoms with Gasteiger partial charge in [-0.2, -0.15) is 9.97 Å². The van der Waals surface area contributed by atoms with Gasteiger partial charge in [-0.3, -0.25) is 0 Å². The van der Waals surface area contributed by atoms with Crippen molar-refractivity contribution in [2.24, 2.45) is 0 Å². The van der Waals surface area contributed by atoms with Crippen LogP contribution in [-0.2, 0) is 0 Å². The third kappa shape index (κ3) is 2.09. The Bertz CT molecular complexity index is 524. The van der Waals surface area contributed by atoms with Gasteiger partial charge in [0.05, 0.1) is 5.02 Å². The second kappa shape index (κ2) is 4.02. The van der Waals surface area contributed by atoms with Crippen LogP contribution in [0.15, 0.2) is 18.2 Å². The molecule has 0 saturated carbocycles. The first kappa shape index (κ1) is 10.8. The lowest BCUT2D eigenvalue weighted by atomic mass is 10.2. The molecule has 6 heteroatoms. The fourth-order valence-corrected chi connectivity index (χ4v) is 1.55. The van der Waals surface area contributed by atoms with Crippen LogP contribution >= 0.6 is 11.6 Å². The Morgan fingerprint density at radius 3 is 2.62 bits per heavy atom. The van der Waals surface area contributed by atoms with E-state index in [-0.39, 0.29) is 11.0 Å². The van der Waals surface area contributed by atoms with Crippen LogP contribution in [0.4, 0.5) is 10.3 Å². The summed E-state index contributed by atoms with van der Waals surface area (Å²) < 4.78 is 12.9. The second-order valence-corrected chi connectivity index (χ2v) is 3.60. The van der Waals surface area contributed by atoms with Gasteiger partial charge in [-0.25, -0.2) is 9.37 Å². The lowest BCUT2D eigenvalue weighted by molar-refractivity contribution is 0.628. The molecule has 0 fully saturated rings. The van der Waals surface area contributed by atoms with Crippen LogP contribution in [0, 0.1) is 12.7 Å². The van der Waals surface area contributed by atoms with Crippen molar-refractivity contribution in [2.45, 2.75) is 6.92 Å². The van der Waals surface area contributed by atoms with Crippen LogP contribution in [0.3, 0.4) is 0 Å². The third-order valence-corrected chi connectivity index (χ3v) is 2.25. The topological polar surface area (TPSA) is 64.7 Å². The zero-order valence-electron chi connectivity index (χ0n) is 8.41. The molecule has 0 amide bonds. The van der Waals surface area contributed by atoms with Gasteiger partial charge in [-0.1, -0.05) is 11.6 Å². The number of rotatable bonds is 1. The van der Waals surface area contributed by atoms with Gasteiger partial charge < -0.3 is 5.73 Å². The normalized spacial score (nSPS) is 10.4. The van der Waals surface area contributed by atoms with Crippen molar-refractivity contribution in [3.8, 4) is 11.4 Å². The van der Waals surface area contributed by atoms with Gasteiger partial charge >= 0.3 is 0 Å². The first-order chi connectivity index (χ1) is 7.56. The van der Waals surface area contributed by atoms with Crippen LogP contribution in [0.2, 0.25) is 5.02 Å². The third-order valence-electron chi connectivity index (χ3n) is 1.94. The summed E-state index contributed by atoms with van der Waals surface area (Å²) >= 11 is 5.89. The molecule has 2 rings (SSSR count). The van der Waals surface area contributed by atoms with E-state index in [2.05, 4.69) is 15.0 Å². The van der Waals surface area contributed by atoms with Crippen molar-refractivity contribution in [3.63, 3.8) is 0 Å². The Balaban J connectivity index is 2.58. The minimum atomic E-state index is -0.410. The fourth-order valence-electron chi connectivity index (χ4n) is 1.29. The highest BCUT2D eigenvalue weighted by atomic mass is 35.5. The van der Waals surface area contributed by atoms with Gasteiger partial charge in [0.25, 0.3) is 0 Å². The van der Waals surface area contributed by atoms with Crippen LogP contribution in [0.5, 0.6) is 0 Å². The summed E-state index contributed by atoms with van der Waals surface area (Å²) in [5.74, 6) is 0.535. The number of anilines is 1. The van der Waals surface area contributed by atoms with Crippen molar-refractivity contribution >= 4 is 17.5 Å². The van der Waals surface area contributed by atoms with Gasteiger partial charge in [0.1, 0.15) is 11.6 Å². The van der Waals surface area contributed by atoms with Crippen LogP contribution < -0.4 is 5.73 Å². The Morgan fingerprint density at radius 1 is 1.25 bits per heavy atom. The van der Waals surface area contributed by atoms with E-state index in [1.165, 1.54) is 18.2 Å². The highest BCUT2D eigenvalue weighted by molar-refractivity contribution is 6.33. The average molecular weight is 239 g/mol. The van der Waals surface area contributed by atoms with E-state index in [1.54, 1.807) is 6.92 Å². The molecular weight excluding hydrogens is 231 g/mol. The first-order valence-electron chi connectivity index (χ1n) is 4.50. The zero-order valence-corrected chi connectivity index (χ0v) is 9.16. The maximum Gasteiger partial charge on any atom is 0.223 e. The van der Waals surface area contributed by atoms with Gasteiger partial charge in [0.15, 0.2) is 5.82 Å². The van der Waals surface area contributed by atoms with Crippen LogP contribution in [-0.4, -0.2) is 15.0 Å². The minimum absolute atomic E-state index is 0.114. The fraction of sp³-hybridized carbons (Fsp3) is 0.100. The zero-order chi connectivity index (χ0) is 11.7. The maximum atomic E-state index is 12.9. The number of nitrogens with zero attached hydrogens (tertiary/aromatic N) is 3. The molecule has 2 aromatic rings. The van der Waals surface area contributed by atoms with E-state index in [0.717, 1.165) is 0 Å². The van der Waals surface area contributed by atoms with Crippen molar-refractivity contribution in [1.29, 1.82) is 0 Å². The summed E-state index contributed by atoms with van der Waals surface area (Å²) in [7, 11) is 0. The van der Waals surface area contributed by atoms with Crippen LogP contribution in [0.1, 0.15) is 5.82 Å². The summed E-state index contributed by atoms with van der Waals surface area (Å²) in [5, 5.41) is 0.241. The summed E-state index contributed by atoms with van der Waals surface area (Å²) in [6.45, 7) is 1.69. The van der Waals surface area contributed by atoms with Crippen molar-refractivity contribution in [3.05, 3.63) is 34.9 Å². The molecule has 0 aliphatic carbocycles. The Labute approximate surface area is 96.3 Å². The standard InChI is InChI=1S/C10H8ClFN4/c1-5-14-9(16-10(13)15-5)7-3-2-6(12)4-8(7)11/h2-4H,1H3,(H2,13,14,15,16). The predicted molar refractivity (Wildman–Crippen MR) is 59.4 cm³/mol. The molecule has 2 N–H and O–H groups in total. The second-order valence-electron chi connectivity index (χ2n) is 3.19. The molecule has 0 aliphatic rings. The molecule has 0 aliphatic heterocycles. The Morgan fingerprint density at radius 2 is 2.00 bits per heavy atom. The van der Waals surface area contributed by atoms with Gasteiger partial charge in [0, 0.05) is 5.56 Å². The lowest BCUT2D eigenvalue weighted by Gasteiger charge is -2.04. The highest BCUT2D eigenvalue weighted by Crippen LogP contribution is 2.25. The Hall–Kier alpha value is -1.75. The number of hydrogen-bond donors (Lipinski definition) is 1. The summed E-state index contributed by atoms with van der Waals surface area (Å²) in [6, 6.07) is 3.99. The summed E-state index contributed by atoms with van der Waals surface area (Å²) in [5.41, 5.74) is 6.03. The molecule has 0 bridgehead atoms. The molecule has 0 saturated heterocycles. The molecule has 1 aromatic carbocycles. The first-order valence-corrected chi connectivity index (χ1v) is 4.87. The van der Waals surface area contributed by atoms with E-state index < -0.39 is 5.82 Å². The number of hydrogen-bond acceptors (Lipinski definition) is 4. The molecule has 1 aromatic heterocycles. The average Bonchev–Trinajstić information content (AvgIpc) is 2.15. The smallest absolute Gasteiger partial charge is 0.223 e. The lowest BCUT2D eigenvalue weighted by Crippen LogP contribution is -2.02. The largest absolute Gasteiger partial charge is 0.368 e. The minimum Gasteiger partial charge on any atom is -0.368 e. The maximum absolute atomic E-state index is 12.9. The molecule has 0 atom stereocenters.